The molecule has 0 aliphatic rings. The Morgan fingerprint density at radius 2 is 2.04 bits per heavy atom. The minimum atomic E-state index is -0.232. The fraction of sp³-hybridized carbons (Fsp3) is 0.150. The highest BCUT2D eigenvalue weighted by Crippen LogP contribution is 2.26. The van der Waals surface area contributed by atoms with Gasteiger partial charge in [0.15, 0.2) is 5.78 Å². The number of carbonyl (C=O) groups is 2. The maximum Gasteiger partial charge on any atom is 0.221 e. The van der Waals surface area contributed by atoms with Crippen LogP contribution in [0.3, 0.4) is 0 Å². The number of ketones is 1. The van der Waals surface area contributed by atoms with Crippen LogP contribution in [0.15, 0.2) is 48.8 Å². The van der Waals surface area contributed by atoms with Crippen molar-refractivity contribution in [3.63, 3.8) is 0 Å². The average molecular weight is 349 g/mol. The number of allylic oxidation sites excluding steroid dienone is 1. The Kier molecular flexibility index (Phi) is 4.84. The summed E-state index contributed by atoms with van der Waals surface area (Å²) in [6.45, 7) is 3.41. The third kappa shape index (κ3) is 3.64. The minimum absolute atomic E-state index is 0.179. The van der Waals surface area contributed by atoms with Gasteiger partial charge in [0.25, 0.3) is 0 Å². The van der Waals surface area contributed by atoms with Gasteiger partial charge in [-0.05, 0) is 55.0 Å². The molecule has 26 heavy (non-hydrogen) atoms. The molecule has 1 amide bonds. The first-order valence-corrected chi connectivity index (χ1v) is 8.09. The second kappa shape index (κ2) is 7.23. The molecule has 0 fully saturated rings. The lowest BCUT2D eigenvalue weighted by Crippen LogP contribution is -2.08. The van der Waals surface area contributed by atoms with E-state index in [0.717, 1.165) is 16.9 Å². The second-order valence-electron chi connectivity index (χ2n) is 5.91. The van der Waals surface area contributed by atoms with E-state index in [1.54, 1.807) is 30.5 Å². The Morgan fingerprint density at radius 3 is 2.77 bits per heavy atom. The molecule has 2 aromatic heterocycles. The van der Waals surface area contributed by atoms with Gasteiger partial charge in [-0.1, -0.05) is 0 Å². The van der Waals surface area contributed by atoms with Gasteiger partial charge in [-0.2, -0.15) is 0 Å². The molecule has 0 saturated heterocycles. The Balaban J connectivity index is 1.87. The summed E-state index contributed by atoms with van der Waals surface area (Å²) >= 11 is 0. The van der Waals surface area contributed by atoms with Gasteiger partial charge < -0.3 is 14.5 Å². The van der Waals surface area contributed by atoms with E-state index in [2.05, 4.69) is 10.3 Å². The summed E-state index contributed by atoms with van der Waals surface area (Å²) < 4.78 is 7.11. The van der Waals surface area contributed by atoms with Gasteiger partial charge in [-0.25, -0.2) is 4.98 Å². The number of rotatable bonds is 5. The number of pyridine rings is 1. The lowest BCUT2D eigenvalue weighted by atomic mass is 10.1. The lowest BCUT2D eigenvalue weighted by Gasteiger charge is -2.09. The summed E-state index contributed by atoms with van der Waals surface area (Å²) in [4.78, 5) is 28.2. The number of aryl methyl sites for hydroxylation is 1. The normalized spacial score (nSPS) is 11.0. The van der Waals surface area contributed by atoms with Crippen molar-refractivity contribution >= 4 is 29.1 Å². The number of methoxy groups -OCH3 is 1. The van der Waals surface area contributed by atoms with Crippen LogP contribution >= 0.6 is 0 Å². The number of aromatic nitrogens is 2. The topological polar surface area (TPSA) is 72.7 Å². The predicted octanol–water partition coefficient (Wildman–Crippen LogP) is 3.51. The molecule has 0 bridgehead atoms. The summed E-state index contributed by atoms with van der Waals surface area (Å²) in [6.07, 6.45) is 6.85. The smallest absolute Gasteiger partial charge is 0.221 e. The molecule has 0 aliphatic heterocycles. The highest BCUT2D eigenvalue weighted by atomic mass is 16.5. The molecule has 0 unspecified atom stereocenters. The van der Waals surface area contributed by atoms with Crippen molar-refractivity contribution in [2.45, 2.75) is 13.8 Å². The number of carbonyl (C=O) groups excluding carboxylic acids is 2. The van der Waals surface area contributed by atoms with Crippen LogP contribution in [0.2, 0.25) is 0 Å². The highest BCUT2D eigenvalue weighted by Gasteiger charge is 2.10. The fourth-order valence-corrected chi connectivity index (χ4v) is 2.63. The Hall–Kier alpha value is -3.41. The molecule has 2 heterocycles. The number of fused-ring (bicyclic) bond motifs is 1. The highest BCUT2D eigenvalue weighted by molar-refractivity contribution is 6.08. The van der Waals surface area contributed by atoms with Crippen molar-refractivity contribution in [3.8, 4) is 5.75 Å². The van der Waals surface area contributed by atoms with E-state index < -0.39 is 0 Å². The average Bonchev–Trinajstić information content (AvgIpc) is 3.01. The van der Waals surface area contributed by atoms with Gasteiger partial charge in [0.05, 0.1) is 24.7 Å². The minimum Gasteiger partial charge on any atom is -0.495 e. The molecule has 1 aromatic carbocycles. The van der Waals surface area contributed by atoms with Crippen LogP contribution in [0.4, 0.5) is 5.69 Å². The molecule has 1 N–H and O–H groups in total. The van der Waals surface area contributed by atoms with Crippen LogP contribution in [-0.4, -0.2) is 28.2 Å². The molecule has 3 aromatic rings. The van der Waals surface area contributed by atoms with Crippen LogP contribution in [0.25, 0.3) is 11.7 Å². The van der Waals surface area contributed by atoms with E-state index in [1.165, 1.54) is 20.1 Å². The van der Waals surface area contributed by atoms with E-state index in [-0.39, 0.29) is 11.7 Å². The summed E-state index contributed by atoms with van der Waals surface area (Å²) in [5.74, 6) is 0.0867. The molecule has 3 rings (SSSR count). The number of hydrogen-bond donors (Lipinski definition) is 1. The molecular formula is C20H19N3O3. The van der Waals surface area contributed by atoms with Gasteiger partial charge in [0, 0.05) is 18.7 Å². The molecule has 6 heteroatoms. The molecular weight excluding hydrogens is 330 g/mol. The summed E-state index contributed by atoms with van der Waals surface area (Å²) in [7, 11) is 1.51. The van der Waals surface area contributed by atoms with E-state index in [1.807, 2.05) is 29.7 Å². The molecule has 0 aliphatic carbocycles. The Morgan fingerprint density at radius 1 is 1.23 bits per heavy atom. The molecule has 6 nitrogen and oxygen atoms in total. The van der Waals surface area contributed by atoms with Gasteiger partial charge in [0.2, 0.25) is 5.91 Å². The first kappa shape index (κ1) is 17.4. The number of amides is 1. The maximum atomic E-state index is 12.5. The van der Waals surface area contributed by atoms with Gasteiger partial charge in [0.1, 0.15) is 11.4 Å². The molecule has 0 radical (unpaired) electrons. The zero-order valence-corrected chi connectivity index (χ0v) is 14.8. The number of ether oxygens (including phenoxy) is 1. The van der Waals surface area contributed by atoms with Crippen LogP contribution in [0.1, 0.15) is 28.5 Å². The summed E-state index contributed by atoms with van der Waals surface area (Å²) in [6, 6.07) is 8.88. The quantitative estimate of drug-likeness (QED) is 0.565. The molecule has 0 saturated carbocycles. The first-order valence-electron chi connectivity index (χ1n) is 8.09. The lowest BCUT2D eigenvalue weighted by molar-refractivity contribution is -0.114. The summed E-state index contributed by atoms with van der Waals surface area (Å²) in [5, 5.41) is 2.66. The van der Waals surface area contributed by atoms with Crippen LogP contribution < -0.4 is 10.1 Å². The van der Waals surface area contributed by atoms with Crippen LogP contribution in [-0.2, 0) is 4.79 Å². The van der Waals surface area contributed by atoms with Crippen molar-refractivity contribution in [2.75, 3.05) is 12.4 Å². The monoisotopic (exact) mass is 349 g/mol. The number of hydrogen-bond acceptors (Lipinski definition) is 4. The molecule has 0 spiro atoms. The zero-order valence-electron chi connectivity index (χ0n) is 14.8. The number of nitrogens with one attached hydrogen (secondary N) is 1. The Bertz CT molecular complexity index is 1020. The predicted molar refractivity (Wildman–Crippen MR) is 101 cm³/mol. The number of benzene rings is 1. The molecule has 0 atom stereocenters. The van der Waals surface area contributed by atoms with Crippen molar-refractivity contribution in [1.82, 2.24) is 9.38 Å². The Labute approximate surface area is 151 Å². The van der Waals surface area contributed by atoms with Gasteiger partial charge >= 0.3 is 0 Å². The van der Waals surface area contributed by atoms with E-state index in [4.69, 9.17) is 4.74 Å². The van der Waals surface area contributed by atoms with Crippen molar-refractivity contribution in [2.24, 2.45) is 0 Å². The van der Waals surface area contributed by atoms with E-state index in [9.17, 15) is 9.59 Å². The largest absolute Gasteiger partial charge is 0.495 e. The molecule has 132 valence electrons. The maximum absolute atomic E-state index is 12.5. The first-order chi connectivity index (χ1) is 12.5. The third-order valence-electron chi connectivity index (χ3n) is 3.90. The summed E-state index contributed by atoms with van der Waals surface area (Å²) in [5.41, 5.74) is 3.68. The van der Waals surface area contributed by atoms with Gasteiger partial charge in [-0.3, -0.25) is 9.59 Å². The third-order valence-corrected chi connectivity index (χ3v) is 3.90. The van der Waals surface area contributed by atoms with Crippen molar-refractivity contribution < 1.29 is 14.3 Å². The standard InChI is InChI=1S/C20H19N3O3/c1-13-8-9-23-16(12-21-20(23)10-13)5-6-18(25)15-4-7-19(26-3)17(11-15)22-14(2)24/h4-12H,1-3H3,(H,22,24)/b6-5+. The van der Waals surface area contributed by atoms with Crippen molar-refractivity contribution in [3.05, 3.63) is 65.6 Å². The number of nitrogens with zero attached hydrogens (tertiary/aromatic N) is 2. The second-order valence-corrected chi connectivity index (χ2v) is 5.91. The van der Waals surface area contributed by atoms with E-state index in [0.29, 0.717) is 17.0 Å². The van der Waals surface area contributed by atoms with E-state index >= 15 is 0 Å². The van der Waals surface area contributed by atoms with Crippen LogP contribution in [0, 0.1) is 6.92 Å². The number of imidazole rings is 1. The van der Waals surface area contributed by atoms with Gasteiger partial charge in [-0.15, -0.1) is 0 Å². The zero-order chi connectivity index (χ0) is 18.7. The number of anilines is 1. The SMILES string of the molecule is COc1ccc(C(=O)/C=C/c2cnc3cc(C)ccn23)cc1NC(C)=O. The van der Waals surface area contributed by atoms with Crippen LogP contribution in [0.5, 0.6) is 5.75 Å². The van der Waals surface area contributed by atoms with Crippen molar-refractivity contribution in [1.29, 1.82) is 0 Å². The fourth-order valence-electron chi connectivity index (χ4n) is 2.63.